The fourth-order valence-corrected chi connectivity index (χ4v) is 7.68. The van der Waals surface area contributed by atoms with Crippen molar-refractivity contribution in [2.45, 2.75) is 57.8 Å². The van der Waals surface area contributed by atoms with Crippen LogP contribution < -0.4 is 0 Å². The molecular formula is C23H32OSi. The lowest BCUT2D eigenvalue weighted by Crippen LogP contribution is -2.39. The first kappa shape index (κ1) is 18.4. The molecule has 4 rings (SSSR count). The summed E-state index contributed by atoms with van der Waals surface area (Å²) in [5, 5.41) is 0. The van der Waals surface area contributed by atoms with Crippen molar-refractivity contribution in [3.8, 4) is 0 Å². The second kappa shape index (κ2) is 7.88. The molecule has 2 heteroatoms. The fraction of sp³-hybridized carbons (Fsp3) is 0.478. The second-order valence-corrected chi connectivity index (χ2v) is 12.2. The smallest absolute Gasteiger partial charge is 0.191 e. The van der Waals surface area contributed by atoms with E-state index in [4.69, 9.17) is 4.43 Å². The van der Waals surface area contributed by atoms with Gasteiger partial charge in [0.2, 0.25) is 0 Å². The minimum absolute atomic E-state index is 0.167. The summed E-state index contributed by atoms with van der Waals surface area (Å²) in [5.74, 6) is 1.45. The molecule has 1 aromatic carbocycles. The Balaban J connectivity index is 0.000000569. The average Bonchev–Trinajstić information content (AvgIpc) is 3.20. The molecule has 0 N–H and O–H groups in total. The molecular weight excluding hydrogens is 320 g/mol. The largest absolute Gasteiger partial charge is 0.407 e. The molecule has 0 aliphatic heterocycles. The van der Waals surface area contributed by atoms with Crippen LogP contribution in [0.4, 0.5) is 0 Å². The van der Waals surface area contributed by atoms with Gasteiger partial charge in [-0.25, -0.2) is 0 Å². The van der Waals surface area contributed by atoms with Crippen molar-refractivity contribution in [2.75, 3.05) is 0 Å². The summed E-state index contributed by atoms with van der Waals surface area (Å²) in [6.07, 6.45) is 17.8. The second-order valence-electron chi connectivity index (χ2n) is 8.03. The summed E-state index contributed by atoms with van der Waals surface area (Å²) in [6, 6.07) is 8.63. The van der Waals surface area contributed by atoms with Crippen LogP contribution in [0.25, 0.3) is 6.08 Å². The van der Waals surface area contributed by atoms with Gasteiger partial charge in [0, 0.05) is 0 Å². The lowest BCUT2D eigenvalue weighted by Gasteiger charge is -2.36. The molecule has 4 unspecified atom stereocenters. The van der Waals surface area contributed by atoms with Crippen LogP contribution in [-0.4, -0.2) is 8.32 Å². The molecule has 0 radical (unpaired) electrons. The molecule has 0 spiro atoms. The van der Waals surface area contributed by atoms with Crippen molar-refractivity contribution in [3.63, 3.8) is 0 Å². The molecule has 0 amide bonds. The van der Waals surface area contributed by atoms with Crippen LogP contribution in [0, 0.1) is 11.8 Å². The van der Waals surface area contributed by atoms with Crippen LogP contribution in [0.2, 0.25) is 18.6 Å². The van der Waals surface area contributed by atoms with Crippen molar-refractivity contribution in [3.05, 3.63) is 65.8 Å². The van der Waals surface area contributed by atoms with Crippen molar-refractivity contribution in [1.82, 2.24) is 0 Å². The van der Waals surface area contributed by atoms with Gasteiger partial charge in [-0.15, -0.1) is 0 Å². The van der Waals surface area contributed by atoms with Gasteiger partial charge in [-0.2, -0.15) is 0 Å². The third-order valence-corrected chi connectivity index (χ3v) is 8.97. The van der Waals surface area contributed by atoms with Gasteiger partial charge in [0.25, 0.3) is 0 Å². The molecule has 1 nitrogen and oxygen atoms in total. The van der Waals surface area contributed by atoms with Crippen molar-refractivity contribution < 1.29 is 4.43 Å². The van der Waals surface area contributed by atoms with E-state index >= 15 is 0 Å². The summed E-state index contributed by atoms with van der Waals surface area (Å²) >= 11 is 0. The third-order valence-electron chi connectivity index (χ3n) is 5.65. The van der Waals surface area contributed by atoms with Gasteiger partial charge < -0.3 is 4.43 Å². The Kier molecular flexibility index (Phi) is 5.80. The summed E-state index contributed by atoms with van der Waals surface area (Å²) in [7, 11) is -1.75. The van der Waals surface area contributed by atoms with Crippen LogP contribution in [0.5, 0.6) is 0 Å². The van der Waals surface area contributed by atoms with Crippen LogP contribution in [0.3, 0.4) is 0 Å². The first-order valence-electron chi connectivity index (χ1n) is 9.86. The van der Waals surface area contributed by atoms with E-state index < -0.39 is 8.32 Å². The van der Waals surface area contributed by atoms with Crippen LogP contribution in [-0.2, 0) is 4.43 Å². The molecule has 0 saturated heterocycles. The topological polar surface area (TPSA) is 9.23 Å². The lowest BCUT2D eigenvalue weighted by atomic mass is 9.92. The molecule has 3 aliphatic rings. The number of benzene rings is 1. The van der Waals surface area contributed by atoms with Gasteiger partial charge in [0.05, 0.1) is 6.10 Å². The minimum atomic E-state index is -1.75. The Bertz CT molecular complexity index is 670. The summed E-state index contributed by atoms with van der Waals surface area (Å²) in [4.78, 5) is 0. The van der Waals surface area contributed by atoms with Crippen molar-refractivity contribution in [2.24, 2.45) is 11.8 Å². The highest BCUT2D eigenvalue weighted by atomic mass is 28.4. The number of rotatable bonds is 3. The first-order valence-corrected chi connectivity index (χ1v) is 12.8. The number of hydrogen-bond donors (Lipinski definition) is 0. The lowest BCUT2D eigenvalue weighted by molar-refractivity contribution is 0.236. The maximum Gasteiger partial charge on any atom is 0.191 e. The van der Waals surface area contributed by atoms with Gasteiger partial charge in [0.1, 0.15) is 0 Å². The van der Waals surface area contributed by atoms with Gasteiger partial charge in [0.15, 0.2) is 8.32 Å². The summed E-state index contributed by atoms with van der Waals surface area (Å²) in [5.41, 5.74) is 3.40. The fourth-order valence-electron chi connectivity index (χ4n) is 4.50. The zero-order valence-corrected chi connectivity index (χ0v) is 17.1. The standard InChI is InChI=1S/C20H24OSi.C3H8/c1-22(2,20-14-12-16-8-4-6-10-18(16)20)21-19-13-11-15-7-3-5-9-17(15)19;1-3-2/h3-11,13,16,18-20H,12,14H2,1-2H3;3H2,1-2H3. The average molecular weight is 353 g/mol. The highest BCUT2D eigenvalue weighted by Gasteiger charge is 2.46. The van der Waals surface area contributed by atoms with Crippen molar-refractivity contribution in [1.29, 1.82) is 0 Å². The van der Waals surface area contributed by atoms with E-state index in [0.29, 0.717) is 5.92 Å². The molecule has 134 valence electrons. The first-order chi connectivity index (χ1) is 12.1. The van der Waals surface area contributed by atoms with E-state index in [-0.39, 0.29) is 6.10 Å². The Morgan fingerprint density at radius 2 is 1.72 bits per heavy atom. The number of allylic oxidation sites excluding steroid dienone is 4. The van der Waals surface area contributed by atoms with E-state index in [0.717, 1.165) is 11.5 Å². The molecule has 0 heterocycles. The summed E-state index contributed by atoms with van der Waals surface area (Å²) < 4.78 is 6.75. The minimum Gasteiger partial charge on any atom is -0.407 e. The Morgan fingerprint density at radius 3 is 2.52 bits per heavy atom. The molecule has 1 saturated carbocycles. The van der Waals surface area contributed by atoms with Crippen LogP contribution in [0.15, 0.2) is 54.6 Å². The molecule has 0 aromatic heterocycles. The highest BCUT2D eigenvalue weighted by Crippen LogP contribution is 2.51. The Labute approximate surface area is 154 Å². The molecule has 3 aliphatic carbocycles. The maximum absolute atomic E-state index is 6.75. The molecule has 25 heavy (non-hydrogen) atoms. The van der Waals surface area contributed by atoms with E-state index in [1.54, 1.807) is 0 Å². The Hall–Kier alpha value is -1.38. The van der Waals surface area contributed by atoms with E-state index in [2.05, 4.69) is 87.7 Å². The normalized spacial score (nSPS) is 29.1. The van der Waals surface area contributed by atoms with Gasteiger partial charge in [-0.3, -0.25) is 0 Å². The predicted octanol–water partition coefficient (Wildman–Crippen LogP) is 6.91. The van der Waals surface area contributed by atoms with Crippen LogP contribution in [0.1, 0.15) is 50.3 Å². The summed E-state index contributed by atoms with van der Waals surface area (Å²) in [6.45, 7) is 9.09. The predicted molar refractivity (Wildman–Crippen MR) is 111 cm³/mol. The molecule has 0 bridgehead atoms. The SMILES string of the molecule is CCC.C[Si](C)(OC1C=Cc2ccccc21)C1CCC2C=CC=CC21. The molecule has 1 fully saturated rings. The van der Waals surface area contributed by atoms with E-state index in [1.165, 1.54) is 30.4 Å². The highest BCUT2D eigenvalue weighted by molar-refractivity contribution is 6.72. The Morgan fingerprint density at radius 1 is 1.00 bits per heavy atom. The van der Waals surface area contributed by atoms with Gasteiger partial charge in [-0.05, 0) is 54.4 Å². The van der Waals surface area contributed by atoms with E-state index in [9.17, 15) is 0 Å². The quantitative estimate of drug-likeness (QED) is 0.537. The number of hydrogen-bond acceptors (Lipinski definition) is 1. The van der Waals surface area contributed by atoms with Crippen molar-refractivity contribution >= 4 is 14.4 Å². The third kappa shape index (κ3) is 3.90. The van der Waals surface area contributed by atoms with Gasteiger partial charge >= 0.3 is 0 Å². The van der Waals surface area contributed by atoms with Crippen LogP contribution >= 0.6 is 0 Å². The zero-order chi connectivity index (χ0) is 17.9. The zero-order valence-electron chi connectivity index (χ0n) is 16.1. The van der Waals surface area contributed by atoms with E-state index in [1.807, 2.05) is 0 Å². The number of fused-ring (bicyclic) bond motifs is 2. The monoisotopic (exact) mass is 352 g/mol. The molecule has 1 aromatic rings. The molecule has 4 atom stereocenters. The van der Waals surface area contributed by atoms with Gasteiger partial charge in [-0.1, -0.05) is 81.0 Å². The maximum atomic E-state index is 6.75.